The fraction of sp³-hybridized carbons (Fsp3) is 0.200. The smallest absolute Gasteiger partial charge is 0.130 e. The highest BCUT2D eigenvalue weighted by atomic mass is 79.9. The van der Waals surface area contributed by atoms with Gasteiger partial charge in [0.15, 0.2) is 0 Å². The molecule has 2 rings (SSSR count). The average Bonchev–Trinajstić information content (AvgIpc) is 2.57. The molecule has 14 heavy (non-hydrogen) atoms. The second kappa shape index (κ2) is 3.63. The number of nitrogens with one attached hydrogen (secondary N) is 1. The average molecular weight is 255 g/mol. The minimum absolute atomic E-state index is 0.260. The molecule has 0 aliphatic carbocycles. The highest BCUT2D eigenvalue weighted by molar-refractivity contribution is 9.10. The van der Waals surface area contributed by atoms with E-state index in [1.807, 2.05) is 12.3 Å². The van der Waals surface area contributed by atoms with E-state index in [1.54, 1.807) is 6.07 Å². The van der Waals surface area contributed by atoms with E-state index in [4.69, 9.17) is 5.73 Å². The number of aromatic nitrogens is 1. The number of phenols is 1. The zero-order chi connectivity index (χ0) is 10.1. The second-order valence-corrected chi connectivity index (χ2v) is 3.97. The summed E-state index contributed by atoms with van der Waals surface area (Å²) in [5, 5.41) is 10.6. The van der Waals surface area contributed by atoms with Crippen LogP contribution in [-0.2, 0) is 6.42 Å². The molecule has 0 aliphatic rings. The SMILES string of the molecule is NCCc1c[nH]c2ccc(O)c(Br)c12. The highest BCUT2D eigenvalue weighted by Gasteiger charge is 2.09. The first-order valence-corrected chi connectivity index (χ1v) is 5.21. The van der Waals surface area contributed by atoms with E-state index in [0.29, 0.717) is 6.54 Å². The minimum Gasteiger partial charge on any atom is -0.507 e. The van der Waals surface area contributed by atoms with Crippen LogP contribution in [-0.4, -0.2) is 16.6 Å². The highest BCUT2D eigenvalue weighted by Crippen LogP contribution is 2.34. The third-order valence-corrected chi connectivity index (χ3v) is 3.06. The maximum Gasteiger partial charge on any atom is 0.130 e. The quantitative estimate of drug-likeness (QED) is 0.769. The van der Waals surface area contributed by atoms with Crippen LogP contribution in [0.25, 0.3) is 10.9 Å². The van der Waals surface area contributed by atoms with Gasteiger partial charge in [0.1, 0.15) is 5.75 Å². The van der Waals surface area contributed by atoms with Crippen molar-refractivity contribution in [1.82, 2.24) is 4.98 Å². The first kappa shape index (κ1) is 9.55. The van der Waals surface area contributed by atoms with Gasteiger partial charge in [0.05, 0.1) is 4.47 Å². The van der Waals surface area contributed by atoms with Crippen LogP contribution in [0.15, 0.2) is 22.8 Å². The Hall–Kier alpha value is -1.00. The lowest BCUT2D eigenvalue weighted by Gasteiger charge is -2.01. The molecule has 1 aromatic heterocycles. The van der Waals surface area contributed by atoms with Gasteiger partial charge in [-0.3, -0.25) is 0 Å². The van der Waals surface area contributed by atoms with E-state index < -0.39 is 0 Å². The first-order valence-electron chi connectivity index (χ1n) is 4.41. The van der Waals surface area contributed by atoms with E-state index in [9.17, 15) is 5.11 Å². The summed E-state index contributed by atoms with van der Waals surface area (Å²) in [5.41, 5.74) is 7.65. The molecule has 4 N–H and O–H groups in total. The van der Waals surface area contributed by atoms with Crippen molar-refractivity contribution in [2.75, 3.05) is 6.54 Å². The summed E-state index contributed by atoms with van der Waals surface area (Å²) in [4.78, 5) is 3.14. The normalized spacial score (nSPS) is 11.0. The number of nitrogens with two attached hydrogens (primary N) is 1. The molecule has 0 saturated heterocycles. The van der Waals surface area contributed by atoms with Crippen molar-refractivity contribution in [3.63, 3.8) is 0 Å². The summed E-state index contributed by atoms with van der Waals surface area (Å²) in [6.07, 6.45) is 2.74. The molecule has 0 unspecified atom stereocenters. The summed E-state index contributed by atoms with van der Waals surface area (Å²) in [6.45, 7) is 0.606. The number of fused-ring (bicyclic) bond motifs is 1. The largest absolute Gasteiger partial charge is 0.507 e. The number of benzene rings is 1. The Kier molecular flexibility index (Phi) is 2.48. The number of aromatic hydroxyl groups is 1. The van der Waals surface area contributed by atoms with Crippen molar-refractivity contribution >= 4 is 26.8 Å². The van der Waals surface area contributed by atoms with Gasteiger partial charge in [-0.05, 0) is 46.6 Å². The number of halogens is 1. The number of aromatic amines is 1. The van der Waals surface area contributed by atoms with Gasteiger partial charge in [-0.1, -0.05) is 0 Å². The summed E-state index contributed by atoms with van der Waals surface area (Å²) >= 11 is 3.37. The molecule has 0 bridgehead atoms. The van der Waals surface area contributed by atoms with Gasteiger partial charge < -0.3 is 15.8 Å². The topological polar surface area (TPSA) is 62.0 Å². The van der Waals surface area contributed by atoms with Gasteiger partial charge in [-0.2, -0.15) is 0 Å². The van der Waals surface area contributed by atoms with Gasteiger partial charge in [0, 0.05) is 17.1 Å². The minimum atomic E-state index is 0.260. The number of rotatable bonds is 2. The van der Waals surface area contributed by atoms with E-state index in [0.717, 1.165) is 27.4 Å². The van der Waals surface area contributed by atoms with E-state index in [1.165, 1.54) is 0 Å². The molecule has 0 spiro atoms. The summed E-state index contributed by atoms with van der Waals surface area (Å²) in [7, 11) is 0. The van der Waals surface area contributed by atoms with Crippen LogP contribution < -0.4 is 5.73 Å². The first-order chi connectivity index (χ1) is 6.74. The number of H-pyrrole nitrogens is 1. The summed E-state index contributed by atoms with van der Waals surface area (Å²) in [6, 6.07) is 3.52. The Morgan fingerprint density at radius 3 is 2.93 bits per heavy atom. The Balaban J connectivity index is 2.69. The molecule has 74 valence electrons. The molecule has 0 aliphatic heterocycles. The number of hydrogen-bond acceptors (Lipinski definition) is 2. The Morgan fingerprint density at radius 1 is 1.43 bits per heavy atom. The Bertz CT molecular complexity index is 464. The van der Waals surface area contributed by atoms with Gasteiger partial charge in [0.25, 0.3) is 0 Å². The molecule has 0 saturated carbocycles. The van der Waals surface area contributed by atoms with Crippen LogP contribution >= 0.6 is 15.9 Å². The van der Waals surface area contributed by atoms with Crippen LogP contribution in [0.4, 0.5) is 0 Å². The zero-order valence-corrected chi connectivity index (χ0v) is 9.13. The molecule has 1 heterocycles. The van der Waals surface area contributed by atoms with Crippen molar-refractivity contribution in [3.8, 4) is 5.75 Å². The van der Waals surface area contributed by atoms with Crippen LogP contribution in [0, 0.1) is 0 Å². The molecule has 0 atom stereocenters. The standard InChI is InChI=1S/C10H11BrN2O/c11-10-8(14)2-1-7-9(10)6(3-4-12)5-13-7/h1-2,5,13-14H,3-4,12H2. The molecular weight excluding hydrogens is 244 g/mol. The van der Waals surface area contributed by atoms with Crippen LogP contribution in [0.5, 0.6) is 5.75 Å². The monoisotopic (exact) mass is 254 g/mol. The summed E-state index contributed by atoms with van der Waals surface area (Å²) < 4.78 is 0.736. The number of hydrogen-bond donors (Lipinski definition) is 3. The lowest BCUT2D eigenvalue weighted by atomic mass is 10.1. The van der Waals surface area contributed by atoms with Crippen molar-refractivity contribution in [2.24, 2.45) is 5.73 Å². The molecule has 0 radical (unpaired) electrons. The van der Waals surface area contributed by atoms with Gasteiger partial charge in [0.2, 0.25) is 0 Å². The van der Waals surface area contributed by atoms with Crippen molar-refractivity contribution in [2.45, 2.75) is 6.42 Å². The maximum absolute atomic E-state index is 9.54. The van der Waals surface area contributed by atoms with Crippen LogP contribution in [0.1, 0.15) is 5.56 Å². The molecule has 4 heteroatoms. The summed E-state index contributed by atoms with van der Waals surface area (Å²) in [5.74, 6) is 0.260. The number of phenolic OH excluding ortho intramolecular Hbond substituents is 1. The third-order valence-electron chi connectivity index (χ3n) is 2.26. The van der Waals surface area contributed by atoms with E-state index in [2.05, 4.69) is 20.9 Å². The molecule has 1 aromatic carbocycles. The van der Waals surface area contributed by atoms with Crippen molar-refractivity contribution < 1.29 is 5.11 Å². The molecule has 0 amide bonds. The molecule has 3 nitrogen and oxygen atoms in total. The van der Waals surface area contributed by atoms with Gasteiger partial charge in [-0.15, -0.1) is 0 Å². The Morgan fingerprint density at radius 2 is 2.21 bits per heavy atom. The van der Waals surface area contributed by atoms with Crippen LogP contribution in [0.3, 0.4) is 0 Å². The fourth-order valence-corrected chi connectivity index (χ4v) is 2.19. The molecule has 0 fully saturated rings. The zero-order valence-electron chi connectivity index (χ0n) is 7.55. The second-order valence-electron chi connectivity index (χ2n) is 3.17. The van der Waals surface area contributed by atoms with E-state index >= 15 is 0 Å². The maximum atomic E-state index is 9.54. The van der Waals surface area contributed by atoms with E-state index in [-0.39, 0.29) is 5.75 Å². The Labute approximate surface area is 90.1 Å². The third kappa shape index (κ3) is 1.40. The lowest BCUT2D eigenvalue weighted by Crippen LogP contribution is -2.01. The predicted molar refractivity (Wildman–Crippen MR) is 60.4 cm³/mol. The predicted octanol–water partition coefficient (Wildman–Crippen LogP) is 2.14. The molecular formula is C10H11BrN2O. The lowest BCUT2D eigenvalue weighted by molar-refractivity contribution is 0.473. The van der Waals surface area contributed by atoms with Crippen molar-refractivity contribution in [1.29, 1.82) is 0 Å². The van der Waals surface area contributed by atoms with Gasteiger partial charge >= 0.3 is 0 Å². The molecule has 2 aromatic rings. The fourth-order valence-electron chi connectivity index (χ4n) is 1.59. The van der Waals surface area contributed by atoms with Crippen LogP contribution in [0.2, 0.25) is 0 Å². The van der Waals surface area contributed by atoms with Crippen molar-refractivity contribution in [3.05, 3.63) is 28.4 Å². The van der Waals surface area contributed by atoms with Gasteiger partial charge in [-0.25, -0.2) is 0 Å².